The molecule has 0 aliphatic carbocycles. The van der Waals surface area contributed by atoms with Crippen LogP contribution < -0.4 is 0 Å². The second kappa shape index (κ2) is 5.81. The van der Waals surface area contributed by atoms with Gasteiger partial charge in [-0.2, -0.15) is 14.4 Å². The van der Waals surface area contributed by atoms with Crippen molar-refractivity contribution in [2.24, 2.45) is 7.05 Å². The molecule has 1 atom stereocenters. The fourth-order valence-electron chi connectivity index (χ4n) is 2.75. The minimum Gasteiger partial charge on any atom is -0.340 e. The van der Waals surface area contributed by atoms with Gasteiger partial charge in [0.1, 0.15) is 4.90 Å². The Bertz CT molecular complexity index is 751. The maximum Gasteiger partial charge on any atom is 0.246 e. The van der Waals surface area contributed by atoms with Crippen molar-refractivity contribution in [1.29, 1.82) is 0 Å². The second-order valence-electron chi connectivity index (χ2n) is 5.50. The first-order valence-electron chi connectivity index (χ1n) is 7.29. The molecule has 120 valence electrons. The lowest BCUT2D eigenvalue weighted by Gasteiger charge is -2.26. The van der Waals surface area contributed by atoms with Crippen LogP contribution in [0, 0.1) is 6.92 Å². The molecule has 3 rings (SSSR count). The van der Waals surface area contributed by atoms with Crippen molar-refractivity contribution in [2.45, 2.75) is 43.5 Å². The molecule has 8 nitrogen and oxygen atoms in total. The molecule has 0 bridgehead atoms. The van der Waals surface area contributed by atoms with E-state index in [2.05, 4.69) is 15.2 Å². The molecule has 0 N–H and O–H groups in total. The van der Waals surface area contributed by atoms with Gasteiger partial charge in [0.2, 0.25) is 15.9 Å². The molecule has 0 saturated carbocycles. The monoisotopic (exact) mass is 325 g/mol. The lowest BCUT2D eigenvalue weighted by molar-refractivity contribution is 0.302. The Hall–Kier alpha value is -1.74. The SMILES string of the molecule is Cc1nc(C2CCCCCN2S(=O)(=O)c2cnn(C)c2)no1. The molecule has 1 unspecified atom stereocenters. The third kappa shape index (κ3) is 2.78. The highest BCUT2D eigenvalue weighted by atomic mass is 32.2. The van der Waals surface area contributed by atoms with Crippen LogP contribution >= 0.6 is 0 Å². The van der Waals surface area contributed by atoms with Crippen LogP contribution in [0.3, 0.4) is 0 Å². The van der Waals surface area contributed by atoms with Crippen molar-refractivity contribution in [2.75, 3.05) is 6.54 Å². The number of aryl methyl sites for hydroxylation is 2. The fourth-order valence-corrected chi connectivity index (χ4v) is 4.39. The molecule has 3 heterocycles. The summed E-state index contributed by atoms with van der Waals surface area (Å²) in [5.74, 6) is 0.879. The summed E-state index contributed by atoms with van der Waals surface area (Å²) in [6.45, 7) is 2.16. The molecule has 2 aromatic heterocycles. The van der Waals surface area contributed by atoms with E-state index in [1.54, 1.807) is 14.0 Å². The van der Waals surface area contributed by atoms with Crippen LogP contribution in [0.15, 0.2) is 21.8 Å². The molecular formula is C13H19N5O3S. The highest BCUT2D eigenvalue weighted by Crippen LogP contribution is 2.33. The molecule has 0 spiro atoms. The number of hydrogen-bond acceptors (Lipinski definition) is 6. The Morgan fingerprint density at radius 1 is 1.32 bits per heavy atom. The Balaban J connectivity index is 2.00. The topological polar surface area (TPSA) is 94.1 Å². The number of rotatable bonds is 3. The van der Waals surface area contributed by atoms with E-state index in [0.29, 0.717) is 24.7 Å². The summed E-state index contributed by atoms with van der Waals surface area (Å²) in [5, 5.41) is 7.89. The Morgan fingerprint density at radius 3 is 2.77 bits per heavy atom. The zero-order valence-electron chi connectivity index (χ0n) is 12.6. The summed E-state index contributed by atoms with van der Waals surface area (Å²) in [6, 6.07) is -0.384. The summed E-state index contributed by atoms with van der Waals surface area (Å²) in [5.41, 5.74) is 0. The van der Waals surface area contributed by atoms with E-state index < -0.39 is 10.0 Å². The molecule has 1 saturated heterocycles. The quantitative estimate of drug-likeness (QED) is 0.847. The number of nitrogens with zero attached hydrogens (tertiary/aromatic N) is 5. The maximum absolute atomic E-state index is 12.9. The molecule has 0 aromatic carbocycles. The lowest BCUT2D eigenvalue weighted by atomic mass is 10.1. The Labute approximate surface area is 129 Å². The molecule has 1 aliphatic rings. The van der Waals surface area contributed by atoms with Crippen LogP contribution in [-0.4, -0.2) is 39.2 Å². The second-order valence-corrected chi connectivity index (χ2v) is 7.39. The van der Waals surface area contributed by atoms with E-state index in [0.717, 1.165) is 19.3 Å². The van der Waals surface area contributed by atoms with Gasteiger partial charge in [-0.25, -0.2) is 8.42 Å². The van der Waals surface area contributed by atoms with E-state index in [-0.39, 0.29) is 10.9 Å². The Kier molecular flexibility index (Phi) is 4.00. The summed E-state index contributed by atoms with van der Waals surface area (Å²) in [6.07, 6.45) is 6.34. The van der Waals surface area contributed by atoms with Crippen LogP contribution in [0.4, 0.5) is 0 Å². The van der Waals surface area contributed by atoms with Gasteiger partial charge in [0.25, 0.3) is 0 Å². The van der Waals surface area contributed by atoms with Crippen molar-refractivity contribution in [3.63, 3.8) is 0 Å². The van der Waals surface area contributed by atoms with Crippen molar-refractivity contribution in [1.82, 2.24) is 24.2 Å². The van der Waals surface area contributed by atoms with Crippen LogP contribution in [-0.2, 0) is 17.1 Å². The van der Waals surface area contributed by atoms with Crippen molar-refractivity contribution in [3.8, 4) is 0 Å². The first kappa shape index (κ1) is 15.2. The van der Waals surface area contributed by atoms with E-state index in [9.17, 15) is 8.42 Å². The normalized spacial score (nSPS) is 20.9. The van der Waals surface area contributed by atoms with E-state index in [1.807, 2.05) is 0 Å². The smallest absolute Gasteiger partial charge is 0.246 e. The third-order valence-corrected chi connectivity index (χ3v) is 5.69. The first-order valence-corrected chi connectivity index (χ1v) is 8.73. The highest BCUT2D eigenvalue weighted by molar-refractivity contribution is 7.89. The van der Waals surface area contributed by atoms with Gasteiger partial charge in [0, 0.05) is 26.7 Å². The summed E-state index contributed by atoms with van der Waals surface area (Å²) in [7, 11) is -1.93. The van der Waals surface area contributed by atoms with Crippen LogP contribution in [0.2, 0.25) is 0 Å². The molecule has 2 aromatic rings. The maximum atomic E-state index is 12.9. The van der Waals surface area contributed by atoms with Crippen LogP contribution in [0.5, 0.6) is 0 Å². The molecule has 0 radical (unpaired) electrons. The minimum atomic E-state index is -3.62. The number of sulfonamides is 1. The average Bonchev–Trinajstić information content (AvgIpc) is 3.01. The van der Waals surface area contributed by atoms with Gasteiger partial charge in [-0.05, 0) is 12.8 Å². The average molecular weight is 325 g/mol. The molecule has 0 amide bonds. The summed E-state index contributed by atoms with van der Waals surface area (Å²) < 4.78 is 33.9. The predicted molar refractivity (Wildman–Crippen MR) is 77.3 cm³/mol. The molecule has 9 heteroatoms. The molecule has 22 heavy (non-hydrogen) atoms. The minimum absolute atomic E-state index is 0.196. The molecule has 1 fully saturated rings. The predicted octanol–water partition coefficient (Wildman–Crippen LogP) is 1.42. The van der Waals surface area contributed by atoms with Gasteiger partial charge >= 0.3 is 0 Å². The molecular weight excluding hydrogens is 306 g/mol. The first-order chi connectivity index (χ1) is 10.5. The van der Waals surface area contributed by atoms with Gasteiger partial charge in [-0.3, -0.25) is 4.68 Å². The zero-order valence-corrected chi connectivity index (χ0v) is 13.5. The summed E-state index contributed by atoms with van der Waals surface area (Å²) >= 11 is 0. The van der Waals surface area contributed by atoms with Gasteiger partial charge in [-0.15, -0.1) is 0 Å². The summed E-state index contributed by atoms with van der Waals surface area (Å²) in [4.78, 5) is 4.43. The van der Waals surface area contributed by atoms with E-state index >= 15 is 0 Å². The third-order valence-electron chi connectivity index (χ3n) is 3.83. The van der Waals surface area contributed by atoms with Crippen molar-refractivity contribution >= 4 is 10.0 Å². The van der Waals surface area contributed by atoms with Crippen LogP contribution in [0.25, 0.3) is 0 Å². The van der Waals surface area contributed by atoms with Crippen molar-refractivity contribution in [3.05, 3.63) is 24.1 Å². The number of aromatic nitrogens is 4. The number of hydrogen-bond donors (Lipinski definition) is 0. The van der Waals surface area contributed by atoms with E-state index in [1.165, 1.54) is 21.4 Å². The van der Waals surface area contributed by atoms with E-state index in [4.69, 9.17) is 4.52 Å². The fraction of sp³-hybridized carbons (Fsp3) is 0.615. The zero-order chi connectivity index (χ0) is 15.7. The lowest BCUT2D eigenvalue weighted by Crippen LogP contribution is -2.35. The van der Waals surface area contributed by atoms with Gasteiger partial charge in [-0.1, -0.05) is 18.0 Å². The van der Waals surface area contributed by atoms with Gasteiger partial charge in [0.15, 0.2) is 5.82 Å². The van der Waals surface area contributed by atoms with Gasteiger partial charge in [0.05, 0.1) is 12.2 Å². The van der Waals surface area contributed by atoms with Gasteiger partial charge < -0.3 is 4.52 Å². The van der Waals surface area contributed by atoms with Crippen molar-refractivity contribution < 1.29 is 12.9 Å². The molecule has 1 aliphatic heterocycles. The Morgan fingerprint density at radius 2 is 2.14 bits per heavy atom. The van der Waals surface area contributed by atoms with Crippen LogP contribution in [0.1, 0.15) is 43.4 Å². The highest BCUT2D eigenvalue weighted by Gasteiger charge is 2.36. The largest absolute Gasteiger partial charge is 0.340 e. The standard InChI is InChI=1S/C13H19N5O3S/c1-10-15-13(16-21-10)12-6-4-3-5-7-18(12)22(19,20)11-8-14-17(2)9-11/h8-9,12H,3-7H2,1-2H3.